The minimum atomic E-state index is -3.91. The summed E-state index contributed by atoms with van der Waals surface area (Å²) >= 11 is 0. The Bertz CT molecular complexity index is 668. The lowest BCUT2D eigenvalue weighted by atomic mass is 10.0. The summed E-state index contributed by atoms with van der Waals surface area (Å²) < 4.78 is 45.7. The van der Waals surface area contributed by atoms with Gasteiger partial charge in [0.25, 0.3) is 0 Å². The number of sulfonamides is 1. The molecule has 0 bridgehead atoms. The number of nitrogens with one attached hydrogen (secondary N) is 3. The number of hydrogen-bond donors (Lipinski definition) is 3. The summed E-state index contributed by atoms with van der Waals surface area (Å²) in [6, 6.07) is 5.47. The molecule has 0 radical (unpaired) electrons. The molecule has 0 aromatic heterocycles. The number of carbonyl (C=O) groups is 1. The van der Waals surface area contributed by atoms with Crippen LogP contribution in [0.3, 0.4) is 0 Å². The van der Waals surface area contributed by atoms with Crippen LogP contribution >= 0.6 is 0 Å². The smallest absolute Gasteiger partial charge is 0.313 e. The van der Waals surface area contributed by atoms with Gasteiger partial charge in [-0.3, -0.25) is 10.2 Å². The van der Waals surface area contributed by atoms with E-state index in [9.17, 15) is 17.6 Å². The van der Waals surface area contributed by atoms with Crippen molar-refractivity contribution in [3.05, 3.63) is 35.6 Å². The van der Waals surface area contributed by atoms with Crippen LogP contribution < -0.4 is 15.6 Å². The van der Waals surface area contributed by atoms with Crippen molar-refractivity contribution in [1.29, 1.82) is 0 Å². The van der Waals surface area contributed by atoms with E-state index in [4.69, 9.17) is 4.74 Å². The molecule has 1 aliphatic heterocycles. The Labute approximate surface area is 134 Å². The van der Waals surface area contributed by atoms with Crippen molar-refractivity contribution in [2.24, 2.45) is 5.92 Å². The third-order valence-corrected chi connectivity index (χ3v) is 5.26. The zero-order valence-corrected chi connectivity index (χ0v) is 13.7. The molecule has 1 aromatic rings. The van der Waals surface area contributed by atoms with E-state index < -0.39 is 39.1 Å². The van der Waals surface area contributed by atoms with Gasteiger partial charge < -0.3 is 4.74 Å². The van der Waals surface area contributed by atoms with Gasteiger partial charge in [0, 0.05) is 18.2 Å². The highest BCUT2D eigenvalue weighted by Crippen LogP contribution is 2.21. The molecule has 1 fully saturated rings. The molecule has 1 aliphatic rings. The summed E-state index contributed by atoms with van der Waals surface area (Å²) in [5.41, 5.74) is 5.55. The van der Waals surface area contributed by atoms with Crippen molar-refractivity contribution in [3.63, 3.8) is 0 Å². The Hall–Kier alpha value is -1.55. The summed E-state index contributed by atoms with van der Waals surface area (Å²) in [5, 5.41) is -1.19. The maximum absolute atomic E-state index is 13.6. The number of ether oxygens (including phenoxy) is 1. The molecule has 0 amide bonds. The fraction of sp³-hybridized carbons (Fsp3) is 0.500. The Morgan fingerprint density at radius 3 is 2.70 bits per heavy atom. The van der Waals surface area contributed by atoms with Crippen molar-refractivity contribution in [2.45, 2.75) is 31.8 Å². The molecule has 3 atom stereocenters. The van der Waals surface area contributed by atoms with E-state index in [-0.39, 0.29) is 18.7 Å². The van der Waals surface area contributed by atoms with Gasteiger partial charge in [-0.1, -0.05) is 18.2 Å². The summed E-state index contributed by atoms with van der Waals surface area (Å²) in [7, 11) is -3.91. The standard InChI is InChI=1S/C14H20FN3O4S/c1-3-22-14(19)12-9(2)17-18-13(12)23(20,21)16-8-10-6-4-5-7-11(10)15/h4-7,9,12-13,16-18H,3,8H2,1-2H3. The molecule has 0 spiro atoms. The SMILES string of the molecule is CCOC(=O)C1C(C)NNC1S(=O)(=O)NCc1ccccc1F. The second-order valence-electron chi connectivity index (χ2n) is 5.23. The molecule has 3 N–H and O–H groups in total. The topological polar surface area (TPSA) is 96.5 Å². The highest BCUT2D eigenvalue weighted by molar-refractivity contribution is 7.90. The van der Waals surface area contributed by atoms with E-state index in [1.165, 1.54) is 18.2 Å². The largest absolute Gasteiger partial charge is 0.466 e. The van der Waals surface area contributed by atoms with Crippen molar-refractivity contribution < 1.29 is 22.3 Å². The number of halogens is 1. The molecular weight excluding hydrogens is 325 g/mol. The van der Waals surface area contributed by atoms with Gasteiger partial charge in [-0.05, 0) is 19.9 Å². The number of esters is 1. The number of rotatable bonds is 6. The highest BCUT2D eigenvalue weighted by Gasteiger charge is 2.46. The first-order valence-corrected chi connectivity index (χ1v) is 8.81. The lowest BCUT2D eigenvalue weighted by Crippen LogP contribution is -2.47. The minimum Gasteiger partial charge on any atom is -0.466 e. The Morgan fingerprint density at radius 2 is 2.04 bits per heavy atom. The second-order valence-corrected chi connectivity index (χ2v) is 7.12. The summed E-state index contributed by atoms with van der Waals surface area (Å²) in [5.74, 6) is -1.99. The Balaban J connectivity index is 2.11. The van der Waals surface area contributed by atoms with E-state index in [0.717, 1.165) is 0 Å². The first-order chi connectivity index (χ1) is 10.9. The van der Waals surface area contributed by atoms with Gasteiger partial charge in [0.2, 0.25) is 10.0 Å². The molecule has 0 saturated carbocycles. The van der Waals surface area contributed by atoms with Crippen LogP contribution in [0.5, 0.6) is 0 Å². The minimum absolute atomic E-state index is 0.164. The van der Waals surface area contributed by atoms with Crippen LogP contribution in [0.15, 0.2) is 24.3 Å². The zero-order chi connectivity index (χ0) is 17.0. The first-order valence-electron chi connectivity index (χ1n) is 7.26. The Morgan fingerprint density at radius 1 is 1.35 bits per heavy atom. The highest BCUT2D eigenvalue weighted by atomic mass is 32.2. The molecule has 1 aromatic carbocycles. The van der Waals surface area contributed by atoms with Crippen LogP contribution in [0.25, 0.3) is 0 Å². The van der Waals surface area contributed by atoms with Crippen molar-refractivity contribution in [1.82, 2.24) is 15.6 Å². The lowest BCUT2D eigenvalue weighted by Gasteiger charge is -2.20. The summed E-state index contributed by atoms with van der Waals surface area (Å²) in [6.45, 7) is 3.30. The third kappa shape index (κ3) is 4.05. The molecule has 1 saturated heterocycles. The van der Waals surface area contributed by atoms with Crippen LogP contribution in [0.1, 0.15) is 19.4 Å². The van der Waals surface area contributed by atoms with E-state index in [0.29, 0.717) is 0 Å². The Kier molecular flexibility index (Phi) is 5.69. The van der Waals surface area contributed by atoms with E-state index in [1.54, 1.807) is 19.9 Å². The third-order valence-electron chi connectivity index (χ3n) is 3.63. The summed E-state index contributed by atoms with van der Waals surface area (Å²) in [6.07, 6.45) is 0. The molecule has 128 valence electrons. The maximum atomic E-state index is 13.6. The van der Waals surface area contributed by atoms with Crippen molar-refractivity contribution in [3.8, 4) is 0 Å². The molecule has 7 nitrogen and oxygen atoms in total. The van der Waals surface area contributed by atoms with Crippen molar-refractivity contribution >= 4 is 16.0 Å². The molecule has 2 rings (SSSR count). The van der Waals surface area contributed by atoms with E-state index in [1.807, 2.05) is 0 Å². The van der Waals surface area contributed by atoms with Gasteiger partial charge in [-0.25, -0.2) is 23.0 Å². The van der Waals surface area contributed by atoms with Gasteiger partial charge in [0.1, 0.15) is 11.7 Å². The van der Waals surface area contributed by atoms with Crippen LogP contribution in [0, 0.1) is 11.7 Å². The monoisotopic (exact) mass is 345 g/mol. The summed E-state index contributed by atoms with van der Waals surface area (Å²) in [4.78, 5) is 12.0. The molecule has 9 heteroatoms. The quantitative estimate of drug-likeness (QED) is 0.640. The number of carbonyl (C=O) groups excluding carboxylic acids is 1. The van der Waals surface area contributed by atoms with Gasteiger partial charge in [-0.2, -0.15) is 0 Å². The maximum Gasteiger partial charge on any atom is 0.313 e. The molecule has 3 unspecified atom stereocenters. The van der Waals surface area contributed by atoms with E-state index >= 15 is 0 Å². The fourth-order valence-electron chi connectivity index (χ4n) is 2.40. The zero-order valence-electron chi connectivity index (χ0n) is 12.9. The average Bonchev–Trinajstić information content (AvgIpc) is 2.89. The van der Waals surface area contributed by atoms with E-state index in [2.05, 4.69) is 15.6 Å². The molecular formula is C14H20FN3O4S. The van der Waals surface area contributed by atoms with Gasteiger partial charge in [-0.15, -0.1) is 0 Å². The predicted molar refractivity (Wildman–Crippen MR) is 81.8 cm³/mol. The fourth-order valence-corrected chi connectivity index (χ4v) is 3.89. The van der Waals surface area contributed by atoms with Gasteiger partial charge >= 0.3 is 5.97 Å². The van der Waals surface area contributed by atoms with Crippen LogP contribution in [-0.2, 0) is 26.1 Å². The number of hydrazine groups is 1. The van der Waals surface area contributed by atoms with Crippen LogP contribution in [0.2, 0.25) is 0 Å². The van der Waals surface area contributed by atoms with Crippen LogP contribution in [-0.4, -0.2) is 32.4 Å². The number of hydrogen-bond acceptors (Lipinski definition) is 6. The first kappa shape index (κ1) is 17.8. The second kappa shape index (κ2) is 7.35. The molecule has 1 heterocycles. The molecule has 0 aliphatic carbocycles. The van der Waals surface area contributed by atoms with Gasteiger partial charge in [0.15, 0.2) is 5.37 Å². The van der Waals surface area contributed by atoms with Gasteiger partial charge in [0.05, 0.1) is 6.61 Å². The number of benzene rings is 1. The van der Waals surface area contributed by atoms with Crippen molar-refractivity contribution in [2.75, 3.05) is 6.61 Å². The van der Waals surface area contributed by atoms with Crippen LogP contribution in [0.4, 0.5) is 4.39 Å². The lowest BCUT2D eigenvalue weighted by molar-refractivity contribution is -0.148. The predicted octanol–water partition coefficient (Wildman–Crippen LogP) is 0.247. The average molecular weight is 345 g/mol. The molecule has 23 heavy (non-hydrogen) atoms. The normalized spacial score (nSPS) is 24.6.